The number of carbonyl (C=O) groups is 12. The maximum Gasteiger partial charge on any atom is 0.248 e. The second-order valence-electron chi connectivity index (χ2n) is 29.9. The number of aliphatic hydroxyl groups excluding tert-OH is 1. The highest BCUT2D eigenvalue weighted by molar-refractivity contribution is 6.00. The first-order chi connectivity index (χ1) is 47.5. The van der Waals surface area contributed by atoms with E-state index in [-0.39, 0.29) is 75.0 Å². The molecule has 3 fully saturated rings. The number of ether oxygens (including phenoxy) is 2. The molecule has 101 heavy (non-hydrogen) atoms. The average Bonchev–Trinajstić information content (AvgIpc) is 0.820. The Hall–Kier alpha value is -7.30. The minimum atomic E-state index is -1.67. The normalized spacial score (nSPS) is 25.9. The van der Waals surface area contributed by atoms with Crippen LogP contribution in [-0.4, -0.2) is 290 Å². The summed E-state index contributed by atoms with van der Waals surface area (Å²) in [5, 5.41) is 26.1. The predicted molar refractivity (Wildman–Crippen MR) is 383 cm³/mol. The van der Waals surface area contributed by atoms with Crippen molar-refractivity contribution in [3.63, 3.8) is 0 Å². The Morgan fingerprint density at radius 2 is 1.04 bits per heavy atom. The van der Waals surface area contributed by atoms with Crippen molar-refractivity contribution in [1.82, 2.24) is 65.8 Å². The zero-order chi connectivity index (χ0) is 75.7. The molecule has 1 aromatic carbocycles. The number of benzene rings is 1. The Balaban J connectivity index is 1.96. The molecule has 3 saturated heterocycles. The standard InChI is InChI=1S/C73H123N13O15/c1-19-20-30-86-41-62(90)81(15)59(38-51-27-23-21-24-28-51)71(97)83(17)58(37-48(8)9)67(93)77-63(49(10)11)72(98)84(18)56(35-46(4)5)66(92)75-53(70(96)85-31-25-22-26-32-85)39-60(88)79(13)40-61(89)80(14)55(34-45(2)3)65(91)76-54(44-101-43-52-42-100-33-29-74-52)69(95)82(16)57(36-47(6)7)68(94)78-64(50(12)87)73(86)99/h21,23-24,27-28,45-50,52-59,63-64,74,87H,19-20,22,25-26,29-44H2,1-18H3,(H,75,92)(H,76,91)(H,77,93)(H,78,94)/t50-,52+,53+,54+,55+,56+,57+,58+,59+,63+,64+/m1/s1. The lowest BCUT2D eigenvalue weighted by Crippen LogP contribution is -2.62. The van der Waals surface area contributed by atoms with Gasteiger partial charge in [0.05, 0.1) is 58.1 Å². The van der Waals surface area contributed by atoms with Gasteiger partial charge in [0.15, 0.2) is 0 Å². The van der Waals surface area contributed by atoms with Crippen LogP contribution in [0.25, 0.3) is 0 Å². The number of nitrogens with one attached hydrogen (secondary N) is 5. The van der Waals surface area contributed by atoms with Crippen molar-refractivity contribution < 1.29 is 72.1 Å². The average molecular weight is 1420 g/mol. The minimum Gasteiger partial charge on any atom is -0.391 e. The molecule has 0 saturated carbocycles. The molecule has 1 aromatic rings. The van der Waals surface area contributed by atoms with Crippen molar-refractivity contribution in [3.05, 3.63) is 35.9 Å². The zero-order valence-corrected chi connectivity index (χ0v) is 63.7. The third kappa shape index (κ3) is 26.2. The van der Waals surface area contributed by atoms with E-state index in [1.54, 1.807) is 49.1 Å². The molecule has 3 heterocycles. The van der Waals surface area contributed by atoms with Gasteiger partial charge in [-0.2, -0.15) is 0 Å². The molecule has 12 amide bonds. The molecular formula is C73H123N13O15. The van der Waals surface area contributed by atoms with E-state index in [1.165, 1.54) is 73.7 Å². The summed E-state index contributed by atoms with van der Waals surface area (Å²) < 4.78 is 11.8. The molecule has 570 valence electrons. The van der Waals surface area contributed by atoms with Gasteiger partial charge in [-0.25, -0.2) is 0 Å². The quantitative estimate of drug-likeness (QED) is 0.109. The highest BCUT2D eigenvalue weighted by atomic mass is 16.5. The van der Waals surface area contributed by atoms with Crippen LogP contribution in [0, 0.1) is 29.6 Å². The summed E-state index contributed by atoms with van der Waals surface area (Å²) in [6.45, 7) is 21.9. The number of likely N-dealkylation sites (N-methyl/N-ethyl adjacent to an activating group) is 6. The molecule has 0 aliphatic carbocycles. The lowest BCUT2D eigenvalue weighted by Gasteiger charge is -2.38. The van der Waals surface area contributed by atoms with E-state index in [0.717, 1.165) is 16.2 Å². The number of unbranched alkanes of at least 4 members (excludes halogenated alkanes) is 1. The van der Waals surface area contributed by atoms with Gasteiger partial charge in [0.1, 0.15) is 54.4 Å². The number of rotatable bonds is 20. The largest absolute Gasteiger partial charge is 0.391 e. The van der Waals surface area contributed by atoms with Crippen LogP contribution >= 0.6 is 0 Å². The first-order valence-electron chi connectivity index (χ1n) is 36.5. The molecule has 0 radical (unpaired) electrons. The van der Waals surface area contributed by atoms with E-state index in [2.05, 4.69) is 26.6 Å². The maximum atomic E-state index is 15.4. The van der Waals surface area contributed by atoms with Gasteiger partial charge >= 0.3 is 0 Å². The van der Waals surface area contributed by atoms with Crippen LogP contribution in [0.1, 0.15) is 153 Å². The third-order valence-corrected chi connectivity index (χ3v) is 19.1. The van der Waals surface area contributed by atoms with Crippen LogP contribution in [0.3, 0.4) is 0 Å². The number of piperidine rings is 1. The van der Waals surface area contributed by atoms with Gasteiger partial charge in [-0.05, 0) is 93.4 Å². The lowest BCUT2D eigenvalue weighted by atomic mass is 9.96. The first-order valence-corrected chi connectivity index (χ1v) is 36.5. The molecule has 0 aromatic heterocycles. The molecule has 4 rings (SSSR count). The van der Waals surface area contributed by atoms with Crippen molar-refractivity contribution >= 4 is 70.9 Å². The van der Waals surface area contributed by atoms with Crippen molar-refractivity contribution in [1.29, 1.82) is 0 Å². The van der Waals surface area contributed by atoms with Gasteiger partial charge < -0.3 is 80.4 Å². The highest BCUT2D eigenvalue weighted by Gasteiger charge is 2.44. The van der Waals surface area contributed by atoms with Crippen LogP contribution < -0.4 is 26.6 Å². The number of likely N-dealkylation sites (tertiary alicyclic amines) is 1. The van der Waals surface area contributed by atoms with E-state index in [1.807, 2.05) is 62.3 Å². The second-order valence-corrected chi connectivity index (χ2v) is 29.9. The molecule has 0 bridgehead atoms. The topological polar surface area (TPSA) is 330 Å². The third-order valence-electron chi connectivity index (χ3n) is 19.1. The summed E-state index contributed by atoms with van der Waals surface area (Å²) in [7, 11) is 8.44. The Bertz CT molecular complexity index is 2900. The number of nitrogens with zero attached hydrogens (tertiary/aromatic N) is 8. The van der Waals surface area contributed by atoms with Crippen LogP contribution in [0.15, 0.2) is 30.3 Å². The Labute approximate surface area is 600 Å². The maximum absolute atomic E-state index is 15.4. The van der Waals surface area contributed by atoms with Gasteiger partial charge in [0.25, 0.3) is 0 Å². The number of amides is 12. The SMILES string of the molecule is CCCCN1CC(=O)N(C)[C@@H](Cc2ccccc2)C(=O)N(C)[C@@H](CC(C)C)C(=O)N[C@@H](C(C)C)C(=O)N(C)[C@@H](CC(C)C)C(=O)N[C@H](C(=O)N2CCCCC2)CC(=O)N(C)CC(=O)N(C)[C@@H](CC(C)C)C(=O)N[C@@H](COC[C@@H]2COCCN2)C(=O)N(C)[C@@H](CC(C)C)C(=O)N[C@@H]([C@@H](C)O)C1=O. The van der Waals surface area contributed by atoms with E-state index >= 15 is 33.6 Å². The number of hydrogen-bond donors (Lipinski definition) is 6. The summed E-state index contributed by atoms with van der Waals surface area (Å²) >= 11 is 0. The smallest absolute Gasteiger partial charge is 0.248 e. The van der Waals surface area contributed by atoms with Crippen molar-refractivity contribution in [2.24, 2.45) is 29.6 Å². The summed E-state index contributed by atoms with van der Waals surface area (Å²) in [5.41, 5.74) is 0.662. The monoisotopic (exact) mass is 1420 g/mol. The molecule has 3 aliphatic rings. The first kappa shape index (κ1) is 86.1. The fourth-order valence-electron chi connectivity index (χ4n) is 12.8. The molecular weight excluding hydrogens is 1300 g/mol. The number of morpholine rings is 1. The Morgan fingerprint density at radius 3 is 1.54 bits per heavy atom. The zero-order valence-electron chi connectivity index (χ0n) is 63.7. The van der Waals surface area contributed by atoms with E-state index in [9.17, 15) is 29.1 Å². The molecule has 0 spiro atoms. The van der Waals surface area contributed by atoms with Gasteiger partial charge in [-0.3, -0.25) is 57.5 Å². The molecule has 6 N–H and O–H groups in total. The van der Waals surface area contributed by atoms with E-state index in [4.69, 9.17) is 9.47 Å². The van der Waals surface area contributed by atoms with Crippen LogP contribution in [0.4, 0.5) is 0 Å². The number of aliphatic hydroxyl groups is 1. The predicted octanol–water partition coefficient (Wildman–Crippen LogP) is 2.03. The van der Waals surface area contributed by atoms with Gasteiger partial charge in [0.2, 0.25) is 70.9 Å². The fraction of sp³-hybridized carbons (Fsp3) is 0.753. The highest BCUT2D eigenvalue weighted by Crippen LogP contribution is 2.23. The van der Waals surface area contributed by atoms with E-state index < -0.39 is 163 Å². The summed E-state index contributed by atoms with van der Waals surface area (Å²) in [6.07, 6.45) is 1.29. The summed E-state index contributed by atoms with van der Waals surface area (Å²) in [6, 6.07) is -3.56. The lowest BCUT2D eigenvalue weighted by molar-refractivity contribution is -0.151. The summed E-state index contributed by atoms with van der Waals surface area (Å²) in [4.78, 5) is 189. The van der Waals surface area contributed by atoms with Gasteiger partial charge in [-0.15, -0.1) is 0 Å². The van der Waals surface area contributed by atoms with Crippen LogP contribution in [0.2, 0.25) is 0 Å². The Kier molecular flexibility index (Phi) is 35.6. The summed E-state index contributed by atoms with van der Waals surface area (Å²) in [5.74, 6) is -10.0. The number of carbonyl (C=O) groups excluding carboxylic acids is 12. The van der Waals surface area contributed by atoms with Crippen molar-refractivity contribution in [3.8, 4) is 0 Å². The van der Waals surface area contributed by atoms with Gasteiger partial charge in [-0.1, -0.05) is 113 Å². The van der Waals surface area contributed by atoms with Crippen molar-refractivity contribution in [2.75, 3.05) is 108 Å². The Morgan fingerprint density at radius 1 is 0.554 bits per heavy atom. The minimum absolute atomic E-state index is 0.0142. The number of hydrogen-bond acceptors (Lipinski definition) is 16. The molecule has 28 nitrogen and oxygen atoms in total. The molecule has 0 unspecified atom stereocenters. The fourth-order valence-corrected chi connectivity index (χ4v) is 12.8. The van der Waals surface area contributed by atoms with Crippen molar-refractivity contribution in [2.45, 2.75) is 220 Å². The molecule has 3 aliphatic heterocycles. The van der Waals surface area contributed by atoms with Gasteiger partial charge in [0, 0.05) is 74.9 Å². The van der Waals surface area contributed by atoms with Crippen LogP contribution in [-0.2, 0) is 73.4 Å². The second kappa shape index (κ2) is 41.7. The van der Waals surface area contributed by atoms with E-state index in [0.29, 0.717) is 64.1 Å². The molecule has 11 atom stereocenters. The van der Waals surface area contributed by atoms with Crippen LogP contribution in [0.5, 0.6) is 0 Å². The molecule has 28 heteroatoms.